The first-order chi connectivity index (χ1) is 7.58. The summed E-state index contributed by atoms with van der Waals surface area (Å²) in [5, 5.41) is 0.986. The van der Waals surface area contributed by atoms with E-state index in [2.05, 4.69) is 4.98 Å². The van der Waals surface area contributed by atoms with Crippen molar-refractivity contribution >= 4 is 28.9 Å². The zero-order valence-corrected chi connectivity index (χ0v) is 9.56. The molecule has 0 saturated heterocycles. The van der Waals surface area contributed by atoms with Crippen LogP contribution in [0.3, 0.4) is 0 Å². The minimum absolute atomic E-state index is 0.226. The van der Waals surface area contributed by atoms with E-state index in [0.717, 1.165) is 6.20 Å². The predicted octanol–water partition coefficient (Wildman–Crippen LogP) is 3.78. The van der Waals surface area contributed by atoms with Gasteiger partial charge in [0.05, 0.1) is 22.6 Å². The smallest absolute Gasteiger partial charge is 0.143 e. The van der Waals surface area contributed by atoms with Crippen molar-refractivity contribution in [2.45, 2.75) is 0 Å². The Morgan fingerprint density at radius 2 is 1.94 bits per heavy atom. The molecule has 1 aromatic heterocycles. The number of aromatic nitrogens is 1. The van der Waals surface area contributed by atoms with Crippen molar-refractivity contribution in [1.82, 2.24) is 4.98 Å². The Bertz CT molecular complexity index is 544. The summed E-state index contributed by atoms with van der Waals surface area (Å²) in [5.74, 6) is -0.487. The Balaban J connectivity index is 2.62. The summed E-state index contributed by atoms with van der Waals surface area (Å²) in [6, 6.07) is 6.14. The first-order valence-corrected chi connectivity index (χ1v) is 5.20. The van der Waals surface area contributed by atoms with E-state index in [0.29, 0.717) is 21.3 Å². The molecule has 0 aliphatic carbocycles. The minimum Gasteiger partial charge on any atom is -0.397 e. The molecule has 0 bridgehead atoms. The maximum absolute atomic E-state index is 12.8. The van der Waals surface area contributed by atoms with Crippen molar-refractivity contribution < 1.29 is 4.39 Å². The average Bonchev–Trinajstić information content (AvgIpc) is 2.22. The highest BCUT2D eigenvalue weighted by Gasteiger charge is 2.10. The van der Waals surface area contributed by atoms with Gasteiger partial charge in [-0.25, -0.2) is 4.39 Å². The van der Waals surface area contributed by atoms with E-state index in [1.807, 2.05) is 0 Å². The number of pyridine rings is 1. The standard InChI is InChI=1S/C11H7Cl2FN2/c12-6-1-2-9(13)8(3-6)11-10(15)4-7(14)5-16-11/h1-5H,15H2. The van der Waals surface area contributed by atoms with Gasteiger partial charge < -0.3 is 5.73 Å². The molecule has 0 radical (unpaired) electrons. The van der Waals surface area contributed by atoms with E-state index < -0.39 is 5.82 Å². The Morgan fingerprint density at radius 1 is 1.19 bits per heavy atom. The van der Waals surface area contributed by atoms with Gasteiger partial charge in [-0.1, -0.05) is 23.2 Å². The summed E-state index contributed by atoms with van der Waals surface area (Å²) in [6.07, 6.45) is 1.09. The number of nitrogens with zero attached hydrogens (tertiary/aromatic N) is 1. The van der Waals surface area contributed by atoms with E-state index in [-0.39, 0.29) is 5.69 Å². The predicted molar refractivity (Wildman–Crippen MR) is 64.1 cm³/mol. The molecular formula is C11H7Cl2FN2. The van der Waals surface area contributed by atoms with Gasteiger partial charge in [0.15, 0.2) is 0 Å². The molecule has 82 valence electrons. The van der Waals surface area contributed by atoms with Crippen molar-refractivity contribution in [3.8, 4) is 11.3 Å². The van der Waals surface area contributed by atoms with Crippen molar-refractivity contribution in [3.05, 3.63) is 46.3 Å². The number of benzene rings is 1. The fourth-order valence-electron chi connectivity index (χ4n) is 1.36. The molecule has 1 heterocycles. The van der Waals surface area contributed by atoms with Crippen LogP contribution in [0.2, 0.25) is 10.0 Å². The number of anilines is 1. The molecule has 2 nitrogen and oxygen atoms in total. The van der Waals surface area contributed by atoms with Crippen LogP contribution in [0.1, 0.15) is 0 Å². The maximum atomic E-state index is 12.8. The summed E-state index contributed by atoms with van der Waals surface area (Å²) in [4.78, 5) is 3.91. The zero-order chi connectivity index (χ0) is 11.7. The fourth-order valence-corrected chi connectivity index (χ4v) is 1.74. The molecule has 2 rings (SSSR count). The second-order valence-electron chi connectivity index (χ2n) is 3.22. The Labute approximate surface area is 102 Å². The van der Waals surface area contributed by atoms with Gasteiger partial charge in [0.25, 0.3) is 0 Å². The molecule has 0 atom stereocenters. The molecule has 1 aromatic carbocycles. The van der Waals surface area contributed by atoms with Crippen molar-refractivity contribution in [1.29, 1.82) is 0 Å². The first kappa shape index (κ1) is 11.2. The molecule has 0 aliphatic rings. The lowest BCUT2D eigenvalue weighted by Gasteiger charge is -2.07. The van der Waals surface area contributed by atoms with Crippen LogP contribution in [0.4, 0.5) is 10.1 Å². The number of hydrogen-bond donors (Lipinski definition) is 1. The van der Waals surface area contributed by atoms with Gasteiger partial charge in [-0.2, -0.15) is 0 Å². The lowest BCUT2D eigenvalue weighted by atomic mass is 10.1. The SMILES string of the molecule is Nc1cc(F)cnc1-c1cc(Cl)ccc1Cl. The van der Waals surface area contributed by atoms with Crippen molar-refractivity contribution in [2.24, 2.45) is 0 Å². The third kappa shape index (κ3) is 2.10. The number of nitrogen functional groups attached to an aromatic ring is 1. The highest BCUT2D eigenvalue weighted by molar-refractivity contribution is 6.35. The normalized spacial score (nSPS) is 10.4. The van der Waals surface area contributed by atoms with E-state index >= 15 is 0 Å². The van der Waals surface area contributed by atoms with Crippen LogP contribution in [0.15, 0.2) is 30.5 Å². The molecule has 0 aliphatic heterocycles. The zero-order valence-electron chi connectivity index (χ0n) is 8.05. The van der Waals surface area contributed by atoms with Gasteiger partial charge in [-0.15, -0.1) is 0 Å². The van der Waals surface area contributed by atoms with Gasteiger partial charge in [0.2, 0.25) is 0 Å². The quantitative estimate of drug-likeness (QED) is 0.844. The van der Waals surface area contributed by atoms with Crippen LogP contribution in [0, 0.1) is 5.82 Å². The van der Waals surface area contributed by atoms with Crippen LogP contribution >= 0.6 is 23.2 Å². The molecule has 5 heteroatoms. The van der Waals surface area contributed by atoms with E-state index in [1.165, 1.54) is 6.07 Å². The summed E-state index contributed by atoms with van der Waals surface area (Å²) in [7, 11) is 0. The summed E-state index contributed by atoms with van der Waals surface area (Å²) in [6.45, 7) is 0. The molecule has 0 fully saturated rings. The molecule has 2 aromatic rings. The van der Waals surface area contributed by atoms with E-state index in [4.69, 9.17) is 28.9 Å². The van der Waals surface area contributed by atoms with Crippen LogP contribution in [-0.4, -0.2) is 4.98 Å². The lowest BCUT2D eigenvalue weighted by molar-refractivity contribution is 0.622. The molecule has 2 N–H and O–H groups in total. The summed E-state index contributed by atoms with van der Waals surface area (Å²) < 4.78 is 12.8. The van der Waals surface area contributed by atoms with Crippen LogP contribution in [0.25, 0.3) is 11.3 Å². The second-order valence-corrected chi connectivity index (χ2v) is 4.06. The molecule has 0 amide bonds. The van der Waals surface area contributed by atoms with Gasteiger partial charge in [0.1, 0.15) is 5.82 Å². The highest BCUT2D eigenvalue weighted by atomic mass is 35.5. The number of nitrogens with two attached hydrogens (primary N) is 1. The van der Waals surface area contributed by atoms with Crippen LogP contribution < -0.4 is 5.73 Å². The largest absolute Gasteiger partial charge is 0.397 e. The van der Waals surface area contributed by atoms with Gasteiger partial charge in [-0.3, -0.25) is 4.98 Å². The maximum Gasteiger partial charge on any atom is 0.143 e. The van der Waals surface area contributed by atoms with Gasteiger partial charge in [-0.05, 0) is 18.2 Å². The third-order valence-electron chi connectivity index (χ3n) is 2.07. The lowest BCUT2D eigenvalue weighted by Crippen LogP contribution is -1.95. The van der Waals surface area contributed by atoms with E-state index in [9.17, 15) is 4.39 Å². The Hall–Kier alpha value is -1.32. The number of halogens is 3. The minimum atomic E-state index is -0.487. The third-order valence-corrected chi connectivity index (χ3v) is 2.63. The second kappa shape index (κ2) is 4.28. The van der Waals surface area contributed by atoms with E-state index in [1.54, 1.807) is 18.2 Å². The average molecular weight is 257 g/mol. The van der Waals surface area contributed by atoms with Crippen molar-refractivity contribution in [3.63, 3.8) is 0 Å². The molecule has 0 saturated carbocycles. The fraction of sp³-hybridized carbons (Fsp3) is 0. The molecule has 0 unspecified atom stereocenters. The number of hydrogen-bond acceptors (Lipinski definition) is 2. The molecule has 16 heavy (non-hydrogen) atoms. The topological polar surface area (TPSA) is 38.9 Å². The summed E-state index contributed by atoms with van der Waals surface area (Å²) >= 11 is 11.8. The molecular weight excluding hydrogens is 250 g/mol. The Morgan fingerprint density at radius 3 is 2.62 bits per heavy atom. The monoisotopic (exact) mass is 256 g/mol. The first-order valence-electron chi connectivity index (χ1n) is 4.44. The van der Waals surface area contributed by atoms with Gasteiger partial charge >= 0.3 is 0 Å². The van der Waals surface area contributed by atoms with Crippen LogP contribution in [-0.2, 0) is 0 Å². The van der Waals surface area contributed by atoms with Crippen LogP contribution in [0.5, 0.6) is 0 Å². The van der Waals surface area contributed by atoms with Gasteiger partial charge in [0, 0.05) is 16.7 Å². The molecule has 0 spiro atoms. The van der Waals surface area contributed by atoms with Crippen molar-refractivity contribution in [2.75, 3.05) is 5.73 Å². The highest BCUT2D eigenvalue weighted by Crippen LogP contribution is 2.32. The number of rotatable bonds is 1. The Kier molecular flexibility index (Phi) is 2.99. The summed E-state index contributed by atoms with van der Waals surface area (Å²) in [5.41, 5.74) is 6.91.